The summed E-state index contributed by atoms with van der Waals surface area (Å²) in [5.74, 6) is 2.70. The summed E-state index contributed by atoms with van der Waals surface area (Å²) < 4.78 is 0. The van der Waals surface area contributed by atoms with Crippen molar-refractivity contribution in [1.82, 2.24) is 15.2 Å². The van der Waals surface area contributed by atoms with Crippen LogP contribution in [0.3, 0.4) is 0 Å². The Labute approximate surface area is 97.0 Å². The normalized spacial score (nSPS) is 20.2. The molecule has 2 rings (SSSR count). The Kier molecular flexibility index (Phi) is 3.59. The fourth-order valence-corrected chi connectivity index (χ4v) is 2.41. The Morgan fingerprint density at radius 3 is 2.50 bits per heavy atom. The summed E-state index contributed by atoms with van der Waals surface area (Å²) in [6.07, 6.45) is 6.45. The van der Waals surface area contributed by atoms with Crippen molar-refractivity contribution < 1.29 is 0 Å². The van der Waals surface area contributed by atoms with E-state index in [2.05, 4.69) is 29.0 Å². The van der Waals surface area contributed by atoms with Crippen molar-refractivity contribution in [1.29, 1.82) is 0 Å². The van der Waals surface area contributed by atoms with Gasteiger partial charge in [-0.15, -0.1) is 0 Å². The topological polar surface area (TPSA) is 67.6 Å². The summed E-state index contributed by atoms with van der Waals surface area (Å²) in [4.78, 5) is 4.49. The number of H-pyrrole nitrogens is 1. The molecule has 1 unspecified atom stereocenters. The molecule has 1 aromatic heterocycles. The highest BCUT2D eigenvalue weighted by Crippen LogP contribution is 2.31. The fraction of sp³-hybridized carbons (Fsp3) is 0.833. The van der Waals surface area contributed by atoms with Crippen molar-refractivity contribution in [2.24, 2.45) is 11.7 Å². The Hall–Kier alpha value is -0.900. The third kappa shape index (κ3) is 2.43. The van der Waals surface area contributed by atoms with E-state index in [1.54, 1.807) is 0 Å². The first-order valence-electron chi connectivity index (χ1n) is 6.36. The molecule has 1 aliphatic rings. The zero-order valence-corrected chi connectivity index (χ0v) is 10.2. The van der Waals surface area contributed by atoms with Gasteiger partial charge in [-0.1, -0.05) is 33.1 Å². The molecule has 4 nitrogen and oxygen atoms in total. The van der Waals surface area contributed by atoms with Crippen LogP contribution < -0.4 is 5.73 Å². The van der Waals surface area contributed by atoms with Gasteiger partial charge in [-0.25, -0.2) is 4.98 Å². The predicted octanol–water partition coefficient (Wildman–Crippen LogP) is 2.51. The molecule has 0 aliphatic heterocycles. The molecule has 1 heterocycles. The van der Waals surface area contributed by atoms with Crippen molar-refractivity contribution in [2.45, 2.75) is 57.9 Å². The minimum absolute atomic E-state index is 0.0419. The van der Waals surface area contributed by atoms with Gasteiger partial charge in [0, 0.05) is 5.92 Å². The molecular weight excluding hydrogens is 200 g/mol. The maximum atomic E-state index is 6.25. The summed E-state index contributed by atoms with van der Waals surface area (Å²) in [5.41, 5.74) is 6.25. The average molecular weight is 222 g/mol. The Balaban J connectivity index is 2.04. The molecule has 0 radical (unpaired) electrons. The molecule has 4 heteroatoms. The highest BCUT2D eigenvalue weighted by molar-refractivity contribution is 5.01. The van der Waals surface area contributed by atoms with Crippen molar-refractivity contribution in [3.05, 3.63) is 11.6 Å². The molecule has 1 fully saturated rings. The zero-order chi connectivity index (χ0) is 11.5. The van der Waals surface area contributed by atoms with E-state index in [-0.39, 0.29) is 6.04 Å². The molecule has 0 spiro atoms. The monoisotopic (exact) mass is 222 g/mol. The Morgan fingerprint density at radius 2 is 1.94 bits per heavy atom. The molecule has 1 saturated carbocycles. The molecule has 1 aromatic rings. The number of rotatable bonds is 3. The van der Waals surface area contributed by atoms with Gasteiger partial charge in [-0.3, -0.25) is 5.10 Å². The maximum absolute atomic E-state index is 6.25. The minimum Gasteiger partial charge on any atom is -0.321 e. The lowest BCUT2D eigenvalue weighted by atomic mass is 9.84. The van der Waals surface area contributed by atoms with Crippen molar-refractivity contribution in [2.75, 3.05) is 0 Å². The molecule has 1 atom stereocenters. The minimum atomic E-state index is 0.0419. The molecule has 90 valence electrons. The number of hydrogen-bond donors (Lipinski definition) is 2. The van der Waals surface area contributed by atoms with E-state index in [0.717, 1.165) is 11.6 Å². The molecular formula is C12H22N4. The lowest BCUT2D eigenvalue weighted by Crippen LogP contribution is -2.24. The van der Waals surface area contributed by atoms with Gasteiger partial charge >= 0.3 is 0 Å². The summed E-state index contributed by atoms with van der Waals surface area (Å²) in [6, 6.07) is 0.0419. The molecule has 1 aliphatic carbocycles. The number of aromatic nitrogens is 3. The van der Waals surface area contributed by atoms with E-state index in [4.69, 9.17) is 5.73 Å². The van der Waals surface area contributed by atoms with Crippen LogP contribution in [-0.2, 0) is 0 Å². The fourth-order valence-electron chi connectivity index (χ4n) is 2.41. The predicted molar refractivity (Wildman–Crippen MR) is 64.0 cm³/mol. The summed E-state index contributed by atoms with van der Waals surface area (Å²) in [5, 5.41) is 7.21. The van der Waals surface area contributed by atoms with Gasteiger partial charge in [0.25, 0.3) is 0 Å². The summed E-state index contributed by atoms with van der Waals surface area (Å²) in [6.45, 7) is 4.19. The van der Waals surface area contributed by atoms with Gasteiger partial charge in [-0.2, -0.15) is 5.10 Å². The highest BCUT2D eigenvalue weighted by atomic mass is 15.2. The second-order valence-electron chi connectivity index (χ2n) is 5.16. The molecule has 0 amide bonds. The lowest BCUT2D eigenvalue weighted by molar-refractivity contribution is 0.301. The molecule has 0 saturated heterocycles. The van der Waals surface area contributed by atoms with Crippen molar-refractivity contribution >= 4 is 0 Å². The average Bonchev–Trinajstić information content (AvgIpc) is 2.78. The van der Waals surface area contributed by atoms with Crippen LogP contribution in [0.25, 0.3) is 0 Å². The van der Waals surface area contributed by atoms with Crippen LogP contribution in [-0.4, -0.2) is 15.2 Å². The van der Waals surface area contributed by atoms with E-state index in [1.165, 1.54) is 32.1 Å². The van der Waals surface area contributed by atoms with E-state index >= 15 is 0 Å². The third-order valence-corrected chi connectivity index (χ3v) is 3.51. The van der Waals surface area contributed by atoms with Crippen LogP contribution in [0, 0.1) is 5.92 Å². The number of nitrogens with one attached hydrogen (secondary N) is 1. The molecule has 0 aromatic carbocycles. The van der Waals surface area contributed by atoms with Crippen LogP contribution in [0.5, 0.6) is 0 Å². The quantitative estimate of drug-likeness (QED) is 0.825. The maximum Gasteiger partial charge on any atom is 0.153 e. The van der Waals surface area contributed by atoms with Crippen LogP contribution >= 0.6 is 0 Å². The second-order valence-corrected chi connectivity index (χ2v) is 5.16. The van der Waals surface area contributed by atoms with Crippen LogP contribution in [0.15, 0.2) is 0 Å². The van der Waals surface area contributed by atoms with Crippen LogP contribution in [0.2, 0.25) is 0 Å². The van der Waals surface area contributed by atoms with Gasteiger partial charge in [0.05, 0.1) is 6.04 Å². The number of aromatic amines is 1. The van der Waals surface area contributed by atoms with Gasteiger partial charge in [0.1, 0.15) is 5.82 Å². The van der Waals surface area contributed by atoms with E-state index in [1.807, 2.05) is 0 Å². The van der Waals surface area contributed by atoms with Gasteiger partial charge in [0.15, 0.2) is 5.82 Å². The molecule has 3 N–H and O–H groups in total. The van der Waals surface area contributed by atoms with Crippen molar-refractivity contribution in [3.63, 3.8) is 0 Å². The first-order valence-corrected chi connectivity index (χ1v) is 6.36. The van der Waals surface area contributed by atoms with E-state index < -0.39 is 0 Å². The molecule has 0 bridgehead atoms. The van der Waals surface area contributed by atoms with Crippen LogP contribution in [0.1, 0.15) is 69.6 Å². The van der Waals surface area contributed by atoms with E-state index in [0.29, 0.717) is 11.8 Å². The lowest BCUT2D eigenvalue weighted by Gasteiger charge is -2.25. The van der Waals surface area contributed by atoms with Crippen molar-refractivity contribution in [3.8, 4) is 0 Å². The molecule has 16 heavy (non-hydrogen) atoms. The number of hydrogen-bond acceptors (Lipinski definition) is 3. The van der Waals surface area contributed by atoms with Gasteiger partial charge < -0.3 is 5.73 Å². The first-order chi connectivity index (χ1) is 7.68. The SMILES string of the molecule is CC(C)c1n[nH]c(C(N)C2CCCCC2)n1. The highest BCUT2D eigenvalue weighted by Gasteiger charge is 2.24. The van der Waals surface area contributed by atoms with E-state index in [9.17, 15) is 0 Å². The van der Waals surface area contributed by atoms with Crippen LogP contribution in [0.4, 0.5) is 0 Å². The number of nitrogens with zero attached hydrogens (tertiary/aromatic N) is 2. The van der Waals surface area contributed by atoms with Gasteiger partial charge in [0.2, 0.25) is 0 Å². The Morgan fingerprint density at radius 1 is 1.25 bits per heavy atom. The zero-order valence-electron chi connectivity index (χ0n) is 10.2. The third-order valence-electron chi connectivity index (χ3n) is 3.51. The Bertz CT molecular complexity index is 326. The number of nitrogens with two attached hydrogens (primary N) is 1. The van der Waals surface area contributed by atoms with Gasteiger partial charge in [-0.05, 0) is 18.8 Å². The smallest absolute Gasteiger partial charge is 0.153 e. The largest absolute Gasteiger partial charge is 0.321 e. The second kappa shape index (κ2) is 4.95. The standard InChI is InChI=1S/C12H22N4/c1-8(2)11-14-12(16-15-11)10(13)9-6-4-3-5-7-9/h8-10H,3-7,13H2,1-2H3,(H,14,15,16). The summed E-state index contributed by atoms with van der Waals surface area (Å²) in [7, 11) is 0. The summed E-state index contributed by atoms with van der Waals surface area (Å²) >= 11 is 0. The first kappa shape index (κ1) is 11.6.